The van der Waals surface area contributed by atoms with Crippen molar-refractivity contribution in [2.24, 2.45) is 0 Å². The monoisotopic (exact) mass is 332 g/mol. The van der Waals surface area contributed by atoms with Crippen LogP contribution >= 0.6 is 15.9 Å². The molecule has 108 valence electrons. The summed E-state index contributed by atoms with van der Waals surface area (Å²) >= 11 is 3.42. The van der Waals surface area contributed by atoms with Crippen molar-refractivity contribution in [3.8, 4) is 0 Å². The summed E-state index contributed by atoms with van der Waals surface area (Å²) in [7, 11) is 3.31. The standard InChI is InChI=1S/C12H21BrN4O2/c1-4-5-14-12-16-7-10(13)11(17-12)15-6-9(19-3)8-18-2/h7,9H,4-6,8H2,1-3H3,(H2,14,15,16,17). The van der Waals surface area contributed by atoms with Crippen LogP contribution in [0.3, 0.4) is 0 Å². The minimum atomic E-state index is -0.0149. The summed E-state index contributed by atoms with van der Waals surface area (Å²) in [5.74, 6) is 1.36. The molecule has 1 aromatic heterocycles. The van der Waals surface area contributed by atoms with Crippen molar-refractivity contribution in [1.82, 2.24) is 9.97 Å². The number of anilines is 2. The van der Waals surface area contributed by atoms with E-state index in [4.69, 9.17) is 9.47 Å². The summed E-state index contributed by atoms with van der Waals surface area (Å²) in [6, 6.07) is 0. The Morgan fingerprint density at radius 3 is 2.79 bits per heavy atom. The number of aromatic nitrogens is 2. The van der Waals surface area contributed by atoms with Gasteiger partial charge in [0.15, 0.2) is 0 Å². The second kappa shape index (κ2) is 9.06. The molecule has 0 saturated carbocycles. The van der Waals surface area contributed by atoms with Gasteiger partial charge < -0.3 is 20.1 Å². The van der Waals surface area contributed by atoms with Gasteiger partial charge in [0.25, 0.3) is 0 Å². The normalized spacial score (nSPS) is 12.2. The minimum Gasteiger partial charge on any atom is -0.382 e. The van der Waals surface area contributed by atoms with Gasteiger partial charge in [-0.3, -0.25) is 0 Å². The van der Waals surface area contributed by atoms with Crippen LogP contribution in [0.15, 0.2) is 10.7 Å². The molecule has 2 N–H and O–H groups in total. The first-order chi connectivity index (χ1) is 9.21. The average molecular weight is 333 g/mol. The lowest BCUT2D eigenvalue weighted by Gasteiger charge is -2.16. The first kappa shape index (κ1) is 16.1. The molecule has 0 aromatic carbocycles. The van der Waals surface area contributed by atoms with E-state index in [-0.39, 0.29) is 6.10 Å². The third kappa shape index (κ3) is 5.71. The van der Waals surface area contributed by atoms with E-state index in [1.165, 1.54) is 0 Å². The molecule has 0 saturated heterocycles. The Bertz CT molecular complexity index is 379. The number of hydrogen-bond acceptors (Lipinski definition) is 6. The van der Waals surface area contributed by atoms with E-state index in [0.29, 0.717) is 19.1 Å². The maximum atomic E-state index is 5.29. The number of nitrogens with zero attached hydrogens (tertiary/aromatic N) is 2. The van der Waals surface area contributed by atoms with Gasteiger partial charge in [-0.15, -0.1) is 0 Å². The molecule has 0 fully saturated rings. The molecule has 7 heteroatoms. The Morgan fingerprint density at radius 2 is 2.16 bits per heavy atom. The lowest BCUT2D eigenvalue weighted by Crippen LogP contribution is -2.27. The summed E-state index contributed by atoms with van der Waals surface area (Å²) in [4.78, 5) is 8.59. The van der Waals surface area contributed by atoms with Gasteiger partial charge in [0, 0.05) is 33.5 Å². The smallest absolute Gasteiger partial charge is 0.224 e. The van der Waals surface area contributed by atoms with Crippen LogP contribution in [-0.2, 0) is 9.47 Å². The Morgan fingerprint density at radius 1 is 1.37 bits per heavy atom. The van der Waals surface area contributed by atoms with E-state index in [2.05, 4.69) is 43.5 Å². The van der Waals surface area contributed by atoms with Crippen molar-refractivity contribution in [2.75, 3.05) is 44.5 Å². The van der Waals surface area contributed by atoms with Crippen molar-refractivity contribution in [2.45, 2.75) is 19.4 Å². The van der Waals surface area contributed by atoms with E-state index in [1.807, 2.05) is 0 Å². The third-order valence-corrected chi connectivity index (χ3v) is 3.04. The zero-order valence-electron chi connectivity index (χ0n) is 11.6. The molecule has 1 unspecified atom stereocenters. The van der Waals surface area contributed by atoms with Crippen molar-refractivity contribution in [1.29, 1.82) is 0 Å². The molecule has 0 bridgehead atoms. The number of rotatable bonds is 9. The second-order valence-corrected chi connectivity index (χ2v) is 4.87. The van der Waals surface area contributed by atoms with Crippen LogP contribution in [0.4, 0.5) is 11.8 Å². The molecule has 0 spiro atoms. The predicted molar refractivity (Wildman–Crippen MR) is 79.7 cm³/mol. The van der Waals surface area contributed by atoms with Crippen LogP contribution in [0, 0.1) is 0 Å². The lowest BCUT2D eigenvalue weighted by molar-refractivity contribution is 0.0365. The van der Waals surface area contributed by atoms with Crippen molar-refractivity contribution < 1.29 is 9.47 Å². The Labute approximate surface area is 122 Å². The zero-order valence-corrected chi connectivity index (χ0v) is 13.2. The second-order valence-electron chi connectivity index (χ2n) is 4.01. The molecule has 0 aliphatic carbocycles. The quantitative estimate of drug-likeness (QED) is 0.722. The summed E-state index contributed by atoms with van der Waals surface area (Å²) in [6.07, 6.45) is 2.74. The van der Waals surface area contributed by atoms with Crippen molar-refractivity contribution in [3.05, 3.63) is 10.7 Å². The molecular weight excluding hydrogens is 312 g/mol. The summed E-state index contributed by atoms with van der Waals surface area (Å²) < 4.78 is 11.2. The van der Waals surface area contributed by atoms with Crippen LogP contribution in [-0.4, -0.2) is 50.0 Å². The number of ether oxygens (including phenoxy) is 2. The lowest BCUT2D eigenvalue weighted by atomic mass is 10.3. The van der Waals surface area contributed by atoms with E-state index < -0.39 is 0 Å². The molecule has 1 rings (SSSR count). The number of nitrogens with one attached hydrogen (secondary N) is 2. The molecular formula is C12H21BrN4O2. The topological polar surface area (TPSA) is 68.3 Å². The van der Waals surface area contributed by atoms with Gasteiger partial charge in [-0.1, -0.05) is 6.92 Å². The van der Waals surface area contributed by atoms with Gasteiger partial charge in [-0.2, -0.15) is 4.98 Å². The molecule has 0 aliphatic rings. The fourth-order valence-corrected chi connectivity index (χ4v) is 1.75. The zero-order chi connectivity index (χ0) is 14.1. The minimum absolute atomic E-state index is 0.0149. The Hall–Kier alpha value is -0.920. The first-order valence-corrected chi connectivity index (χ1v) is 7.02. The third-order valence-electron chi connectivity index (χ3n) is 2.46. The van der Waals surface area contributed by atoms with Crippen molar-refractivity contribution >= 4 is 27.7 Å². The van der Waals surface area contributed by atoms with Gasteiger partial charge in [-0.05, 0) is 22.4 Å². The fraction of sp³-hybridized carbons (Fsp3) is 0.667. The molecule has 0 amide bonds. The largest absolute Gasteiger partial charge is 0.382 e. The van der Waals surface area contributed by atoms with Crippen LogP contribution in [0.25, 0.3) is 0 Å². The van der Waals surface area contributed by atoms with Crippen LogP contribution in [0.2, 0.25) is 0 Å². The highest BCUT2D eigenvalue weighted by Crippen LogP contribution is 2.20. The van der Waals surface area contributed by atoms with Crippen LogP contribution in [0.1, 0.15) is 13.3 Å². The molecule has 0 aliphatic heterocycles. The van der Waals surface area contributed by atoms with E-state index in [9.17, 15) is 0 Å². The van der Waals surface area contributed by atoms with Crippen LogP contribution in [0.5, 0.6) is 0 Å². The summed E-state index contributed by atoms with van der Waals surface area (Å²) in [6.45, 7) is 4.10. The summed E-state index contributed by atoms with van der Waals surface area (Å²) in [5.41, 5.74) is 0. The van der Waals surface area contributed by atoms with Gasteiger partial charge in [0.05, 0.1) is 17.2 Å². The molecule has 1 aromatic rings. The average Bonchev–Trinajstić information content (AvgIpc) is 2.43. The number of halogens is 1. The van der Waals surface area contributed by atoms with E-state index in [0.717, 1.165) is 23.3 Å². The number of hydrogen-bond donors (Lipinski definition) is 2. The Kier molecular flexibility index (Phi) is 7.69. The van der Waals surface area contributed by atoms with E-state index >= 15 is 0 Å². The molecule has 6 nitrogen and oxygen atoms in total. The van der Waals surface area contributed by atoms with E-state index in [1.54, 1.807) is 20.4 Å². The van der Waals surface area contributed by atoms with Gasteiger partial charge in [0.2, 0.25) is 5.95 Å². The van der Waals surface area contributed by atoms with Gasteiger partial charge in [-0.25, -0.2) is 4.98 Å². The molecule has 0 radical (unpaired) electrons. The molecule has 1 atom stereocenters. The highest BCUT2D eigenvalue weighted by Gasteiger charge is 2.09. The van der Waals surface area contributed by atoms with Crippen molar-refractivity contribution in [3.63, 3.8) is 0 Å². The molecule has 1 heterocycles. The van der Waals surface area contributed by atoms with Crippen LogP contribution < -0.4 is 10.6 Å². The first-order valence-electron chi connectivity index (χ1n) is 6.23. The Balaban J connectivity index is 2.60. The summed E-state index contributed by atoms with van der Waals surface area (Å²) in [5, 5.41) is 6.37. The predicted octanol–water partition coefficient (Wildman–Crippen LogP) is 2.13. The maximum absolute atomic E-state index is 5.29. The highest BCUT2D eigenvalue weighted by atomic mass is 79.9. The SMILES string of the molecule is CCCNc1ncc(Br)c(NCC(COC)OC)n1. The molecule has 19 heavy (non-hydrogen) atoms. The maximum Gasteiger partial charge on any atom is 0.224 e. The van der Waals surface area contributed by atoms with Gasteiger partial charge in [0.1, 0.15) is 5.82 Å². The number of methoxy groups -OCH3 is 2. The van der Waals surface area contributed by atoms with Gasteiger partial charge >= 0.3 is 0 Å². The fourth-order valence-electron chi connectivity index (χ4n) is 1.42. The highest BCUT2D eigenvalue weighted by molar-refractivity contribution is 9.10.